The summed E-state index contributed by atoms with van der Waals surface area (Å²) in [5.74, 6) is -1.25. The van der Waals surface area contributed by atoms with E-state index in [-0.39, 0.29) is 24.4 Å². The summed E-state index contributed by atoms with van der Waals surface area (Å²) in [6.45, 7) is 6.69. The average molecular weight is 290 g/mol. The number of benzene rings is 1. The van der Waals surface area contributed by atoms with E-state index in [1.807, 2.05) is 43.9 Å². The SMILES string of the molecule is Cc1ccc(C)c(NC(=O)CN2CCC(C(=O)O)C2C)c1. The molecule has 5 heteroatoms. The van der Waals surface area contributed by atoms with Gasteiger partial charge in [-0.25, -0.2) is 0 Å². The summed E-state index contributed by atoms with van der Waals surface area (Å²) in [7, 11) is 0. The Morgan fingerprint density at radius 2 is 2.10 bits per heavy atom. The number of aryl methyl sites for hydroxylation is 2. The van der Waals surface area contributed by atoms with Gasteiger partial charge in [0.2, 0.25) is 5.91 Å². The van der Waals surface area contributed by atoms with Gasteiger partial charge in [0.15, 0.2) is 0 Å². The van der Waals surface area contributed by atoms with Gasteiger partial charge in [0, 0.05) is 11.7 Å². The maximum absolute atomic E-state index is 12.2. The van der Waals surface area contributed by atoms with Gasteiger partial charge in [0.25, 0.3) is 0 Å². The number of likely N-dealkylation sites (tertiary alicyclic amines) is 1. The van der Waals surface area contributed by atoms with Crippen LogP contribution in [0.1, 0.15) is 24.5 Å². The average Bonchev–Trinajstić information content (AvgIpc) is 2.75. The summed E-state index contributed by atoms with van der Waals surface area (Å²) < 4.78 is 0. The number of nitrogens with one attached hydrogen (secondary N) is 1. The zero-order valence-corrected chi connectivity index (χ0v) is 12.7. The number of carboxylic acid groups (broad SMARTS) is 1. The van der Waals surface area contributed by atoms with Crippen molar-refractivity contribution in [2.45, 2.75) is 33.2 Å². The first kappa shape index (κ1) is 15.5. The van der Waals surface area contributed by atoms with Crippen LogP contribution < -0.4 is 5.32 Å². The molecule has 21 heavy (non-hydrogen) atoms. The van der Waals surface area contributed by atoms with Crippen LogP contribution in [-0.2, 0) is 9.59 Å². The van der Waals surface area contributed by atoms with Crippen LogP contribution in [0.4, 0.5) is 5.69 Å². The molecular weight excluding hydrogens is 268 g/mol. The zero-order valence-electron chi connectivity index (χ0n) is 12.7. The Bertz CT molecular complexity index is 556. The van der Waals surface area contributed by atoms with Crippen molar-refractivity contribution in [2.24, 2.45) is 5.92 Å². The molecule has 1 heterocycles. The first-order valence-electron chi connectivity index (χ1n) is 7.22. The minimum atomic E-state index is -0.778. The Morgan fingerprint density at radius 1 is 1.38 bits per heavy atom. The quantitative estimate of drug-likeness (QED) is 0.890. The van der Waals surface area contributed by atoms with Crippen LogP contribution in [0.25, 0.3) is 0 Å². The molecule has 1 aliphatic heterocycles. The fourth-order valence-corrected chi connectivity index (χ4v) is 2.80. The van der Waals surface area contributed by atoms with E-state index in [2.05, 4.69) is 5.32 Å². The van der Waals surface area contributed by atoms with E-state index in [0.29, 0.717) is 13.0 Å². The lowest BCUT2D eigenvalue weighted by atomic mass is 10.0. The second-order valence-electron chi connectivity index (χ2n) is 5.81. The standard InChI is InChI=1S/C16H22N2O3/c1-10-4-5-11(2)14(8-10)17-15(19)9-18-7-6-13(12(18)3)16(20)21/h4-5,8,12-13H,6-7,9H2,1-3H3,(H,17,19)(H,20,21). The van der Waals surface area contributed by atoms with Crippen LogP contribution in [0.15, 0.2) is 18.2 Å². The normalized spacial score (nSPS) is 22.2. The molecule has 0 radical (unpaired) electrons. The van der Waals surface area contributed by atoms with Crippen molar-refractivity contribution in [3.63, 3.8) is 0 Å². The fraction of sp³-hybridized carbons (Fsp3) is 0.500. The molecule has 5 nitrogen and oxygen atoms in total. The van der Waals surface area contributed by atoms with Gasteiger partial charge in [-0.2, -0.15) is 0 Å². The third-order valence-electron chi connectivity index (χ3n) is 4.22. The van der Waals surface area contributed by atoms with E-state index in [1.54, 1.807) is 0 Å². The van der Waals surface area contributed by atoms with Crippen molar-refractivity contribution < 1.29 is 14.7 Å². The highest BCUT2D eigenvalue weighted by molar-refractivity contribution is 5.93. The maximum atomic E-state index is 12.2. The first-order valence-corrected chi connectivity index (χ1v) is 7.22. The molecule has 2 N–H and O–H groups in total. The summed E-state index contributed by atoms with van der Waals surface area (Å²) in [6, 6.07) is 5.82. The van der Waals surface area contributed by atoms with Gasteiger partial charge in [0.05, 0.1) is 12.5 Å². The number of nitrogens with zero attached hydrogens (tertiary/aromatic N) is 1. The number of hydrogen-bond acceptors (Lipinski definition) is 3. The van der Waals surface area contributed by atoms with Crippen molar-refractivity contribution in [3.8, 4) is 0 Å². The van der Waals surface area contributed by atoms with E-state index < -0.39 is 5.97 Å². The molecule has 1 amide bonds. The molecule has 2 unspecified atom stereocenters. The minimum absolute atomic E-state index is 0.0958. The number of carbonyl (C=O) groups is 2. The lowest BCUT2D eigenvalue weighted by molar-refractivity contribution is -0.142. The summed E-state index contributed by atoms with van der Waals surface area (Å²) >= 11 is 0. The number of amides is 1. The maximum Gasteiger partial charge on any atom is 0.308 e. The van der Waals surface area contributed by atoms with Crippen molar-refractivity contribution in [2.75, 3.05) is 18.4 Å². The number of hydrogen-bond donors (Lipinski definition) is 2. The highest BCUT2D eigenvalue weighted by atomic mass is 16.4. The van der Waals surface area contributed by atoms with Crippen molar-refractivity contribution in [3.05, 3.63) is 29.3 Å². The third-order valence-corrected chi connectivity index (χ3v) is 4.22. The van der Waals surface area contributed by atoms with E-state index in [4.69, 9.17) is 5.11 Å². The monoisotopic (exact) mass is 290 g/mol. The molecule has 0 aliphatic carbocycles. The van der Waals surface area contributed by atoms with E-state index >= 15 is 0 Å². The lowest BCUT2D eigenvalue weighted by Crippen LogP contribution is -2.38. The summed E-state index contributed by atoms with van der Waals surface area (Å²) in [4.78, 5) is 25.2. The molecule has 2 atom stereocenters. The van der Waals surface area contributed by atoms with E-state index in [0.717, 1.165) is 16.8 Å². The van der Waals surface area contributed by atoms with Crippen LogP contribution in [0.5, 0.6) is 0 Å². The van der Waals surface area contributed by atoms with Gasteiger partial charge in [-0.05, 0) is 50.9 Å². The largest absolute Gasteiger partial charge is 0.481 e. The Kier molecular flexibility index (Phi) is 4.63. The fourth-order valence-electron chi connectivity index (χ4n) is 2.80. The van der Waals surface area contributed by atoms with Crippen LogP contribution in [0, 0.1) is 19.8 Å². The topological polar surface area (TPSA) is 69.6 Å². The molecule has 2 rings (SSSR count). The predicted octanol–water partition coefficient (Wildman–Crippen LogP) is 2.04. The third kappa shape index (κ3) is 3.61. The first-order chi connectivity index (χ1) is 9.88. The number of carboxylic acids is 1. The predicted molar refractivity (Wildman–Crippen MR) is 81.3 cm³/mol. The highest BCUT2D eigenvalue weighted by Gasteiger charge is 2.36. The molecule has 1 aliphatic rings. The molecule has 0 spiro atoms. The van der Waals surface area contributed by atoms with Crippen molar-refractivity contribution in [1.82, 2.24) is 4.90 Å². The van der Waals surface area contributed by atoms with E-state index in [9.17, 15) is 9.59 Å². The summed E-state index contributed by atoms with van der Waals surface area (Å²) in [6.07, 6.45) is 0.604. The Morgan fingerprint density at radius 3 is 2.71 bits per heavy atom. The molecule has 0 bridgehead atoms. The zero-order chi connectivity index (χ0) is 15.6. The Balaban J connectivity index is 1.96. The van der Waals surface area contributed by atoms with Crippen LogP contribution in [-0.4, -0.2) is 41.0 Å². The van der Waals surface area contributed by atoms with Crippen LogP contribution >= 0.6 is 0 Å². The van der Waals surface area contributed by atoms with Crippen molar-refractivity contribution >= 4 is 17.6 Å². The minimum Gasteiger partial charge on any atom is -0.481 e. The van der Waals surface area contributed by atoms with Gasteiger partial charge in [-0.3, -0.25) is 14.5 Å². The van der Waals surface area contributed by atoms with Gasteiger partial charge >= 0.3 is 5.97 Å². The van der Waals surface area contributed by atoms with E-state index in [1.165, 1.54) is 0 Å². The van der Waals surface area contributed by atoms with Crippen LogP contribution in [0.3, 0.4) is 0 Å². The molecule has 114 valence electrons. The molecule has 0 aromatic heterocycles. The Hall–Kier alpha value is -1.88. The van der Waals surface area contributed by atoms with Gasteiger partial charge < -0.3 is 10.4 Å². The number of carbonyl (C=O) groups excluding carboxylic acids is 1. The molecular formula is C16H22N2O3. The van der Waals surface area contributed by atoms with Gasteiger partial charge in [-0.1, -0.05) is 12.1 Å². The van der Waals surface area contributed by atoms with Crippen molar-refractivity contribution in [1.29, 1.82) is 0 Å². The number of anilines is 1. The second-order valence-corrected chi connectivity index (χ2v) is 5.81. The number of aliphatic carboxylic acids is 1. The summed E-state index contributed by atoms with van der Waals surface area (Å²) in [5.41, 5.74) is 2.94. The summed E-state index contributed by atoms with van der Waals surface area (Å²) in [5, 5.41) is 12.0. The molecule has 1 aromatic carbocycles. The molecule has 1 saturated heterocycles. The Labute approximate surface area is 125 Å². The van der Waals surface area contributed by atoms with Gasteiger partial charge in [0.1, 0.15) is 0 Å². The van der Waals surface area contributed by atoms with Crippen LogP contribution in [0.2, 0.25) is 0 Å². The smallest absolute Gasteiger partial charge is 0.308 e. The highest BCUT2D eigenvalue weighted by Crippen LogP contribution is 2.24. The second kappa shape index (κ2) is 6.26. The molecule has 1 aromatic rings. The number of rotatable bonds is 4. The molecule has 0 saturated carbocycles. The lowest BCUT2D eigenvalue weighted by Gasteiger charge is -2.22. The molecule has 1 fully saturated rings. The van der Waals surface area contributed by atoms with Gasteiger partial charge in [-0.15, -0.1) is 0 Å².